The number of benzene rings is 1. The first kappa shape index (κ1) is 13.3. The van der Waals surface area contributed by atoms with E-state index in [0.717, 1.165) is 24.9 Å². The van der Waals surface area contributed by atoms with Crippen LogP contribution in [0.25, 0.3) is 11.4 Å². The van der Waals surface area contributed by atoms with Crippen LogP contribution in [0.1, 0.15) is 24.3 Å². The quantitative estimate of drug-likeness (QED) is 0.926. The maximum absolute atomic E-state index is 9.66. The Bertz CT molecular complexity index is 565. The minimum atomic E-state index is -0.233. The third-order valence-corrected chi connectivity index (χ3v) is 3.62. The molecule has 2 aromatic rings. The number of nitrogens with zero attached hydrogens (tertiary/aromatic N) is 3. The standard InChI is InChI=1S/C15H19N3O2/c1-11-4-6-12(7-5-11)15-16-14(20-17-15)10-18-8-2-3-13(19)9-18/h4-7,13,19H,2-3,8-10H2,1H3/t13-/m0/s1. The molecule has 2 heterocycles. The van der Waals surface area contributed by atoms with E-state index in [1.807, 2.05) is 31.2 Å². The second kappa shape index (κ2) is 5.73. The van der Waals surface area contributed by atoms with Crippen LogP contribution < -0.4 is 0 Å². The van der Waals surface area contributed by atoms with E-state index >= 15 is 0 Å². The van der Waals surface area contributed by atoms with Crippen LogP contribution >= 0.6 is 0 Å². The predicted molar refractivity (Wildman–Crippen MR) is 75.0 cm³/mol. The van der Waals surface area contributed by atoms with Gasteiger partial charge in [0, 0.05) is 12.1 Å². The molecule has 1 N–H and O–H groups in total. The van der Waals surface area contributed by atoms with Gasteiger partial charge in [-0.25, -0.2) is 0 Å². The van der Waals surface area contributed by atoms with Crippen molar-refractivity contribution in [3.05, 3.63) is 35.7 Å². The summed E-state index contributed by atoms with van der Waals surface area (Å²) in [6, 6.07) is 8.06. The molecule has 20 heavy (non-hydrogen) atoms. The van der Waals surface area contributed by atoms with Gasteiger partial charge in [-0.3, -0.25) is 4.90 Å². The SMILES string of the molecule is Cc1ccc(-c2noc(CN3CCC[C@H](O)C3)n2)cc1. The van der Waals surface area contributed by atoms with Crippen molar-refractivity contribution in [1.82, 2.24) is 15.0 Å². The smallest absolute Gasteiger partial charge is 0.241 e. The summed E-state index contributed by atoms with van der Waals surface area (Å²) >= 11 is 0. The Morgan fingerprint density at radius 2 is 2.15 bits per heavy atom. The van der Waals surface area contributed by atoms with E-state index in [-0.39, 0.29) is 6.10 Å². The van der Waals surface area contributed by atoms with Crippen LogP contribution in [0.4, 0.5) is 0 Å². The summed E-state index contributed by atoms with van der Waals surface area (Å²) in [5, 5.41) is 13.7. The summed E-state index contributed by atoms with van der Waals surface area (Å²) in [5.41, 5.74) is 2.17. The number of likely N-dealkylation sites (tertiary alicyclic amines) is 1. The molecule has 0 spiro atoms. The zero-order valence-corrected chi connectivity index (χ0v) is 11.6. The van der Waals surface area contributed by atoms with Gasteiger partial charge in [0.1, 0.15) is 0 Å². The molecule has 1 aliphatic heterocycles. The molecule has 1 atom stereocenters. The fourth-order valence-electron chi connectivity index (χ4n) is 2.51. The maximum Gasteiger partial charge on any atom is 0.241 e. The van der Waals surface area contributed by atoms with E-state index < -0.39 is 0 Å². The van der Waals surface area contributed by atoms with E-state index in [4.69, 9.17) is 4.52 Å². The molecule has 1 fully saturated rings. The van der Waals surface area contributed by atoms with Crippen molar-refractivity contribution in [2.24, 2.45) is 0 Å². The topological polar surface area (TPSA) is 62.4 Å². The molecule has 0 saturated carbocycles. The van der Waals surface area contributed by atoms with Gasteiger partial charge in [-0.1, -0.05) is 35.0 Å². The lowest BCUT2D eigenvalue weighted by Crippen LogP contribution is -2.37. The molecule has 1 aliphatic rings. The Hall–Kier alpha value is -1.72. The van der Waals surface area contributed by atoms with Gasteiger partial charge in [-0.2, -0.15) is 4.98 Å². The fourth-order valence-corrected chi connectivity index (χ4v) is 2.51. The summed E-state index contributed by atoms with van der Waals surface area (Å²) in [6.07, 6.45) is 1.66. The average molecular weight is 273 g/mol. The first-order chi connectivity index (χ1) is 9.70. The third kappa shape index (κ3) is 3.05. The molecule has 0 bridgehead atoms. The van der Waals surface area contributed by atoms with E-state index in [1.54, 1.807) is 0 Å². The van der Waals surface area contributed by atoms with Gasteiger partial charge in [0.2, 0.25) is 11.7 Å². The molecule has 0 aliphatic carbocycles. The molecule has 0 unspecified atom stereocenters. The van der Waals surface area contributed by atoms with Crippen molar-refractivity contribution in [2.45, 2.75) is 32.4 Å². The third-order valence-electron chi connectivity index (χ3n) is 3.62. The number of piperidine rings is 1. The van der Waals surface area contributed by atoms with Gasteiger partial charge in [0.25, 0.3) is 0 Å². The summed E-state index contributed by atoms with van der Waals surface area (Å²) < 4.78 is 5.30. The number of aromatic nitrogens is 2. The van der Waals surface area contributed by atoms with Crippen LogP contribution in [0, 0.1) is 6.92 Å². The first-order valence-electron chi connectivity index (χ1n) is 7.01. The predicted octanol–water partition coefficient (Wildman–Crippen LogP) is 2.00. The van der Waals surface area contributed by atoms with Crippen LogP contribution in [0.2, 0.25) is 0 Å². The molecule has 3 rings (SSSR count). The molecular weight excluding hydrogens is 254 g/mol. The molecule has 1 aromatic heterocycles. The summed E-state index contributed by atoms with van der Waals surface area (Å²) in [7, 11) is 0. The number of aliphatic hydroxyl groups excluding tert-OH is 1. The first-order valence-corrected chi connectivity index (χ1v) is 7.01. The number of hydrogen-bond acceptors (Lipinski definition) is 5. The van der Waals surface area contributed by atoms with Crippen molar-refractivity contribution in [3.8, 4) is 11.4 Å². The van der Waals surface area contributed by atoms with Crippen molar-refractivity contribution in [3.63, 3.8) is 0 Å². The summed E-state index contributed by atoms with van der Waals surface area (Å²) in [4.78, 5) is 6.58. The lowest BCUT2D eigenvalue weighted by atomic mass is 10.1. The zero-order chi connectivity index (χ0) is 13.9. The fraction of sp³-hybridized carbons (Fsp3) is 0.467. The summed E-state index contributed by atoms with van der Waals surface area (Å²) in [6.45, 7) is 4.31. The summed E-state index contributed by atoms with van der Waals surface area (Å²) in [5.74, 6) is 1.23. The molecule has 0 radical (unpaired) electrons. The number of aliphatic hydroxyl groups is 1. The van der Waals surface area contributed by atoms with E-state index in [9.17, 15) is 5.11 Å². The van der Waals surface area contributed by atoms with Crippen LogP contribution in [-0.2, 0) is 6.54 Å². The van der Waals surface area contributed by atoms with Crippen molar-refractivity contribution in [2.75, 3.05) is 13.1 Å². The average Bonchev–Trinajstić information content (AvgIpc) is 2.88. The Morgan fingerprint density at radius 1 is 1.35 bits per heavy atom. The molecule has 1 aromatic carbocycles. The minimum Gasteiger partial charge on any atom is -0.392 e. The highest BCUT2D eigenvalue weighted by Crippen LogP contribution is 2.18. The minimum absolute atomic E-state index is 0.233. The largest absolute Gasteiger partial charge is 0.392 e. The van der Waals surface area contributed by atoms with Gasteiger partial charge in [-0.15, -0.1) is 0 Å². The van der Waals surface area contributed by atoms with Crippen molar-refractivity contribution < 1.29 is 9.63 Å². The van der Waals surface area contributed by atoms with Crippen LogP contribution in [0.3, 0.4) is 0 Å². The second-order valence-corrected chi connectivity index (χ2v) is 5.41. The highest BCUT2D eigenvalue weighted by atomic mass is 16.5. The molecule has 5 nitrogen and oxygen atoms in total. The lowest BCUT2D eigenvalue weighted by Gasteiger charge is -2.28. The second-order valence-electron chi connectivity index (χ2n) is 5.41. The monoisotopic (exact) mass is 273 g/mol. The number of hydrogen-bond donors (Lipinski definition) is 1. The number of aryl methyl sites for hydroxylation is 1. The normalized spacial score (nSPS) is 20.2. The van der Waals surface area contributed by atoms with Crippen LogP contribution in [0.5, 0.6) is 0 Å². The Balaban J connectivity index is 1.69. The van der Waals surface area contributed by atoms with Gasteiger partial charge < -0.3 is 9.63 Å². The number of rotatable bonds is 3. The van der Waals surface area contributed by atoms with Crippen molar-refractivity contribution in [1.29, 1.82) is 0 Å². The van der Waals surface area contributed by atoms with Crippen LogP contribution in [0.15, 0.2) is 28.8 Å². The van der Waals surface area contributed by atoms with E-state index in [2.05, 4.69) is 15.0 Å². The maximum atomic E-state index is 9.66. The van der Waals surface area contributed by atoms with Gasteiger partial charge in [0.15, 0.2) is 0 Å². The molecular formula is C15H19N3O2. The van der Waals surface area contributed by atoms with Gasteiger partial charge in [0.05, 0.1) is 12.6 Å². The molecule has 106 valence electrons. The Labute approximate surface area is 118 Å². The van der Waals surface area contributed by atoms with Crippen LogP contribution in [-0.4, -0.2) is 39.3 Å². The highest BCUT2D eigenvalue weighted by Gasteiger charge is 2.20. The number of β-amino-alcohol motifs (C(OH)–C–C–N with tert-alkyl or cyclic N) is 1. The Kier molecular flexibility index (Phi) is 3.80. The molecule has 0 amide bonds. The molecule has 1 saturated heterocycles. The van der Waals surface area contributed by atoms with E-state index in [1.165, 1.54) is 5.56 Å². The Morgan fingerprint density at radius 3 is 2.90 bits per heavy atom. The van der Waals surface area contributed by atoms with E-state index in [0.29, 0.717) is 24.8 Å². The lowest BCUT2D eigenvalue weighted by molar-refractivity contribution is 0.0613. The van der Waals surface area contributed by atoms with Crippen molar-refractivity contribution >= 4 is 0 Å². The van der Waals surface area contributed by atoms with Gasteiger partial charge >= 0.3 is 0 Å². The highest BCUT2D eigenvalue weighted by molar-refractivity contribution is 5.54. The zero-order valence-electron chi connectivity index (χ0n) is 11.6. The van der Waals surface area contributed by atoms with Gasteiger partial charge in [-0.05, 0) is 26.3 Å². The molecule has 5 heteroatoms.